The van der Waals surface area contributed by atoms with Gasteiger partial charge in [-0.3, -0.25) is 14.4 Å². The van der Waals surface area contributed by atoms with E-state index in [0.29, 0.717) is 29.7 Å². The zero-order valence-corrected chi connectivity index (χ0v) is 24.8. The van der Waals surface area contributed by atoms with Crippen molar-refractivity contribution in [2.24, 2.45) is 0 Å². The Labute approximate surface area is 237 Å². The number of esters is 1. The highest BCUT2D eigenvalue weighted by atomic mass is 32.2. The van der Waals surface area contributed by atoms with Crippen LogP contribution in [0.4, 0.5) is 4.79 Å². The summed E-state index contributed by atoms with van der Waals surface area (Å²) in [6, 6.07) is 4.81. The minimum Gasteiger partial charge on any atom is -0.468 e. The Hall–Kier alpha value is -3.19. The normalized spacial score (nSPS) is 12.4. The number of carbonyl (C=O) groups excluding carboxylic acids is 4. The SMILES string of the molecule is C#Cc1ccccc1C(C(=O)NCC(=O)OC)N(CCCCCC)C(=O)C(CCSC)NC(=O)OC(C)(C)C. The van der Waals surface area contributed by atoms with Gasteiger partial charge < -0.3 is 25.0 Å². The van der Waals surface area contributed by atoms with Gasteiger partial charge in [0.2, 0.25) is 11.8 Å². The fourth-order valence-electron chi connectivity index (χ4n) is 3.86. The van der Waals surface area contributed by atoms with Crippen LogP contribution in [0.3, 0.4) is 0 Å². The number of nitrogens with zero attached hydrogens (tertiary/aromatic N) is 1. The maximum absolute atomic E-state index is 14.2. The van der Waals surface area contributed by atoms with Gasteiger partial charge >= 0.3 is 12.1 Å². The van der Waals surface area contributed by atoms with E-state index in [9.17, 15) is 19.2 Å². The standard InChI is InChI=1S/C29H43N3O6S/c1-8-10-11-14-18-32(27(35)23(17-19-39-7)31-28(36)38-29(3,4)5)25(26(34)30-20-24(33)37-6)22-16-13-12-15-21(22)9-2/h2,12-13,15-16,23,25H,8,10-11,14,17-20H2,1,3-7H3,(H,30,34)(H,31,36). The van der Waals surface area contributed by atoms with Crippen LogP contribution in [0, 0.1) is 12.3 Å². The average Bonchev–Trinajstić information content (AvgIpc) is 2.89. The molecule has 2 unspecified atom stereocenters. The van der Waals surface area contributed by atoms with Crippen molar-refractivity contribution >= 4 is 35.6 Å². The van der Waals surface area contributed by atoms with Gasteiger partial charge in [0.05, 0.1) is 7.11 Å². The van der Waals surface area contributed by atoms with E-state index in [0.717, 1.165) is 19.3 Å². The highest BCUT2D eigenvalue weighted by Gasteiger charge is 2.37. The summed E-state index contributed by atoms with van der Waals surface area (Å²) in [4.78, 5) is 53.7. The average molecular weight is 562 g/mol. The Bertz CT molecular complexity index is 1000. The van der Waals surface area contributed by atoms with E-state index < -0.39 is 41.6 Å². The van der Waals surface area contributed by atoms with E-state index in [4.69, 9.17) is 11.2 Å². The van der Waals surface area contributed by atoms with Gasteiger partial charge in [-0.25, -0.2) is 4.79 Å². The van der Waals surface area contributed by atoms with Gasteiger partial charge in [0.15, 0.2) is 0 Å². The van der Waals surface area contributed by atoms with E-state index in [1.54, 1.807) is 45.0 Å². The Balaban J connectivity index is 3.55. The lowest BCUT2D eigenvalue weighted by Gasteiger charge is -2.35. The lowest BCUT2D eigenvalue weighted by Crippen LogP contribution is -2.53. The first-order valence-corrected chi connectivity index (χ1v) is 14.6. The molecule has 39 heavy (non-hydrogen) atoms. The molecule has 2 N–H and O–H groups in total. The van der Waals surface area contributed by atoms with Crippen molar-refractivity contribution < 1.29 is 28.7 Å². The number of alkyl carbamates (subject to hydrolysis) is 1. The maximum Gasteiger partial charge on any atom is 0.408 e. The van der Waals surface area contributed by atoms with E-state index in [1.165, 1.54) is 23.8 Å². The minimum absolute atomic E-state index is 0.250. The zero-order valence-electron chi connectivity index (χ0n) is 24.0. The molecule has 10 heteroatoms. The van der Waals surface area contributed by atoms with E-state index in [1.807, 2.05) is 6.26 Å². The molecule has 0 radical (unpaired) electrons. The molecule has 0 bridgehead atoms. The van der Waals surface area contributed by atoms with Crippen LogP contribution in [0.1, 0.15) is 77.0 Å². The van der Waals surface area contributed by atoms with Crippen LogP contribution >= 0.6 is 11.8 Å². The van der Waals surface area contributed by atoms with Crippen LogP contribution in [0.5, 0.6) is 0 Å². The molecule has 1 aromatic rings. The summed E-state index contributed by atoms with van der Waals surface area (Å²) >= 11 is 1.53. The summed E-state index contributed by atoms with van der Waals surface area (Å²) in [5, 5.41) is 5.29. The quantitative estimate of drug-likeness (QED) is 0.189. The monoisotopic (exact) mass is 561 g/mol. The second kappa shape index (κ2) is 17.4. The van der Waals surface area contributed by atoms with Crippen LogP contribution < -0.4 is 10.6 Å². The van der Waals surface area contributed by atoms with Crippen LogP contribution in [0.2, 0.25) is 0 Å². The molecule has 2 atom stereocenters. The highest BCUT2D eigenvalue weighted by molar-refractivity contribution is 7.98. The van der Waals surface area contributed by atoms with Gasteiger partial charge in [0.1, 0.15) is 24.2 Å². The number of benzene rings is 1. The third kappa shape index (κ3) is 12.0. The van der Waals surface area contributed by atoms with Gasteiger partial charge in [-0.2, -0.15) is 11.8 Å². The molecule has 1 aromatic carbocycles. The predicted octanol–water partition coefficient (Wildman–Crippen LogP) is 4.05. The molecule has 0 heterocycles. The number of terminal acetylenes is 1. The molecule has 3 amide bonds. The second-order valence-corrected chi connectivity index (χ2v) is 11.0. The lowest BCUT2D eigenvalue weighted by atomic mass is 9.97. The van der Waals surface area contributed by atoms with Gasteiger partial charge in [0, 0.05) is 12.1 Å². The molecule has 0 spiro atoms. The van der Waals surface area contributed by atoms with Crippen LogP contribution in [-0.4, -0.2) is 72.6 Å². The molecule has 1 rings (SSSR count). The first kappa shape index (κ1) is 33.8. The van der Waals surface area contributed by atoms with Gasteiger partial charge in [-0.15, -0.1) is 6.42 Å². The predicted molar refractivity (Wildman–Crippen MR) is 154 cm³/mol. The molecule has 9 nitrogen and oxygen atoms in total. The third-order valence-electron chi connectivity index (χ3n) is 5.74. The van der Waals surface area contributed by atoms with Crippen molar-refractivity contribution in [2.75, 3.05) is 32.2 Å². The summed E-state index contributed by atoms with van der Waals surface area (Å²) in [6.07, 6.45) is 10.7. The number of carbonyl (C=O) groups is 4. The van der Waals surface area contributed by atoms with Crippen molar-refractivity contribution in [1.82, 2.24) is 15.5 Å². The topological polar surface area (TPSA) is 114 Å². The van der Waals surface area contributed by atoms with Gasteiger partial charge in [-0.05, 0) is 57.3 Å². The highest BCUT2D eigenvalue weighted by Crippen LogP contribution is 2.27. The van der Waals surface area contributed by atoms with Crippen molar-refractivity contribution in [3.8, 4) is 12.3 Å². The Morgan fingerprint density at radius 3 is 2.41 bits per heavy atom. The van der Waals surface area contributed by atoms with Crippen molar-refractivity contribution in [2.45, 2.75) is 77.5 Å². The molecule has 0 aromatic heterocycles. The number of nitrogens with one attached hydrogen (secondary N) is 2. The molecule has 0 fully saturated rings. The smallest absolute Gasteiger partial charge is 0.408 e. The maximum atomic E-state index is 14.2. The number of hydrogen-bond donors (Lipinski definition) is 2. The molecule has 0 aliphatic rings. The summed E-state index contributed by atoms with van der Waals surface area (Å²) in [7, 11) is 1.22. The largest absolute Gasteiger partial charge is 0.468 e. The number of amides is 3. The summed E-state index contributed by atoms with van der Waals surface area (Å²) in [5.41, 5.74) is 0.147. The van der Waals surface area contributed by atoms with Crippen molar-refractivity contribution in [3.05, 3.63) is 35.4 Å². The fourth-order valence-corrected chi connectivity index (χ4v) is 4.34. The minimum atomic E-state index is -1.13. The Kier molecular flexibility index (Phi) is 15.1. The van der Waals surface area contributed by atoms with Crippen LogP contribution in [0.15, 0.2) is 24.3 Å². The molecule has 216 valence electrons. The number of methoxy groups -OCH3 is 1. The number of ether oxygens (including phenoxy) is 2. The van der Waals surface area contributed by atoms with E-state index in [2.05, 4.69) is 28.2 Å². The zero-order chi connectivity index (χ0) is 29.4. The van der Waals surface area contributed by atoms with Crippen molar-refractivity contribution in [1.29, 1.82) is 0 Å². The summed E-state index contributed by atoms with van der Waals surface area (Å²) in [6.45, 7) is 7.18. The summed E-state index contributed by atoms with van der Waals surface area (Å²) in [5.74, 6) is 1.55. The first-order valence-electron chi connectivity index (χ1n) is 13.2. The molecule has 0 saturated carbocycles. The molecule has 0 aliphatic carbocycles. The summed E-state index contributed by atoms with van der Waals surface area (Å²) < 4.78 is 10.1. The van der Waals surface area contributed by atoms with Gasteiger partial charge in [0.25, 0.3) is 0 Å². The number of thioether (sulfide) groups is 1. The Morgan fingerprint density at radius 2 is 1.82 bits per heavy atom. The molecular formula is C29H43N3O6S. The van der Waals surface area contributed by atoms with Crippen molar-refractivity contribution in [3.63, 3.8) is 0 Å². The van der Waals surface area contributed by atoms with E-state index >= 15 is 0 Å². The third-order valence-corrected chi connectivity index (χ3v) is 6.38. The Morgan fingerprint density at radius 1 is 1.13 bits per heavy atom. The number of unbranched alkanes of at least 4 members (excludes halogenated alkanes) is 3. The fraction of sp³-hybridized carbons (Fsp3) is 0.586. The molecule has 0 aliphatic heterocycles. The lowest BCUT2D eigenvalue weighted by molar-refractivity contribution is -0.144. The second-order valence-electron chi connectivity index (χ2n) is 10.0. The number of rotatable bonds is 15. The van der Waals surface area contributed by atoms with E-state index in [-0.39, 0.29) is 13.1 Å². The van der Waals surface area contributed by atoms with Crippen LogP contribution in [-0.2, 0) is 23.9 Å². The molecular weight excluding hydrogens is 518 g/mol. The molecule has 0 saturated heterocycles. The van der Waals surface area contributed by atoms with Crippen LogP contribution in [0.25, 0.3) is 0 Å². The number of hydrogen-bond acceptors (Lipinski definition) is 7. The van der Waals surface area contributed by atoms with Gasteiger partial charge in [-0.1, -0.05) is 50.3 Å². The first-order chi connectivity index (χ1) is 18.5.